The molecule has 0 fully saturated rings. The number of halogens is 1. The number of hydrogen-bond acceptors (Lipinski definition) is 2. The molecule has 4 heteroatoms. The van der Waals surface area contributed by atoms with Crippen LogP contribution in [0.2, 0.25) is 0 Å². The van der Waals surface area contributed by atoms with E-state index in [1.807, 2.05) is 25.1 Å². The number of hydrogen-bond donors (Lipinski definition) is 1. The number of thioether (sulfide) groups is 1. The predicted molar refractivity (Wildman–Crippen MR) is 92.0 cm³/mol. The molecule has 1 N–H and O–H groups in total. The summed E-state index contributed by atoms with van der Waals surface area (Å²) in [4.78, 5) is 13.7. The Morgan fingerprint density at radius 3 is 2.81 bits per heavy atom. The van der Waals surface area contributed by atoms with E-state index in [0.717, 1.165) is 22.1 Å². The maximum Gasteiger partial charge on any atom is 0.238 e. The summed E-state index contributed by atoms with van der Waals surface area (Å²) in [6.45, 7) is 4.08. The van der Waals surface area contributed by atoms with Crippen molar-refractivity contribution >= 4 is 39.3 Å². The number of aryl methyl sites for hydroxylation is 2. The molecule has 2 aromatic rings. The van der Waals surface area contributed by atoms with Crippen LogP contribution in [0.25, 0.3) is 0 Å². The Kier molecular flexibility index (Phi) is 4.09. The van der Waals surface area contributed by atoms with Crippen LogP contribution in [0.15, 0.2) is 45.8 Å². The van der Waals surface area contributed by atoms with Gasteiger partial charge in [-0.2, -0.15) is 0 Å². The van der Waals surface area contributed by atoms with Crippen molar-refractivity contribution in [3.8, 4) is 0 Å². The average Bonchev–Trinajstić information content (AvgIpc) is 2.85. The minimum absolute atomic E-state index is 0.0372. The van der Waals surface area contributed by atoms with Gasteiger partial charge in [0, 0.05) is 15.1 Å². The maximum atomic E-state index is 12.5. The molecule has 2 nitrogen and oxygen atoms in total. The average molecular weight is 362 g/mol. The van der Waals surface area contributed by atoms with Gasteiger partial charge in [0.05, 0.1) is 5.25 Å². The van der Waals surface area contributed by atoms with Crippen LogP contribution >= 0.6 is 27.7 Å². The summed E-state index contributed by atoms with van der Waals surface area (Å²) < 4.78 is 1.02. The molecule has 2 aromatic carbocycles. The van der Waals surface area contributed by atoms with Crippen molar-refractivity contribution in [3.05, 3.63) is 57.6 Å². The zero-order chi connectivity index (χ0) is 15.0. The molecular weight excluding hydrogens is 346 g/mol. The Bertz CT molecular complexity index is 714. The van der Waals surface area contributed by atoms with Crippen molar-refractivity contribution in [1.29, 1.82) is 0 Å². The van der Waals surface area contributed by atoms with Crippen molar-refractivity contribution in [2.24, 2.45) is 0 Å². The van der Waals surface area contributed by atoms with Gasteiger partial charge in [0.2, 0.25) is 5.91 Å². The zero-order valence-corrected chi connectivity index (χ0v) is 14.3. The monoisotopic (exact) mass is 361 g/mol. The molecule has 21 heavy (non-hydrogen) atoms. The number of rotatable bonds is 2. The van der Waals surface area contributed by atoms with E-state index in [1.54, 1.807) is 11.8 Å². The second-order valence-electron chi connectivity index (χ2n) is 5.37. The second kappa shape index (κ2) is 5.85. The highest BCUT2D eigenvalue weighted by Crippen LogP contribution is 2.38. The first-order valence-corrected chi connectivity index (χ1v) is 8.53. The highest BCUT2D eigenvalue weighted by molar-refractivity contribution is 9.10. The molecule has 0 saturated heterocycles. The minimum Gasteiger partial charge on any atom is -0.325 e. The van der Waals surface area contributed by atoms with Gasteiger partial charge in [-0.25, -0.2) is 0 Å². The number of nitrogens with one attached hydrogen (secondary N) is 1. The lowest BCUT2D eigenvalue weighted by Gasteiger charge is -2.12. The first kappa shape index (κ1) is 14.7. The Morgan fingerprint density at radius 2 is 2.05 bits per heavy atom. The van der Waals surface area contributed by atoms with E-state index in [2.05, 4.69) is 46.4 Å². The molecule has 1 heterocycles. The van der Waals surface area contributed by atoms with Crippen molar-refractivity contribution < 1.29 is 4.79 Å². The van der Waals surface area contributed by atoms with Gasteiger partial charge in [-0.3, -0.25) is 4.79 Å². The van der Waals surface area contributed by atoms with Crippen LogP contribution in [0.4, 0.5) is 5.69 Å². The maximum absolute atomic E-state index is 12.5. The van der Waals surface area contributed by atoms with Crippen LogP contribution in [-0.4, -0.2) is 11.2 Å². The van der Waals surface area contributed by atoms with Crippen LogP contribution in [-0.2, 0) is 11.2 Å². The SMILES string of the molecule is Cc1ccc2c(c1)SC(C(=O)Nc1ccc(Br)cc1C)C2. The van der Waals surface area contributed by atoms with E-state index in [-0.39, 0.29) is 11.2 Å². The Balaban J connectivity index is 1.73. The molecule has 1 unspecified atom stereocenters. The lowest BCUT2D eigenvalue weighted by molar-refractivity contribution is -0.115. The molecule has 1 amide bonds. The third-order valence-corrected chi connectivity index (χ3v) is 5.43. The summed E-state index contributed by atoms with van der Waals surface area (Å²) in [7, 11) is 0. The van der Waals surface area contributed by atoms with E-state index in [4.69, 9.17) is 0 Å². The standard InChI is InChI=1S/C17H16BrNOS/c1-10-3-4-12-9-16(21-15(12)7-10)17(20)19-14-6-5-13(18)8-11(14)2/h3-8,16H,9H2,1-2H3,(H,19,20). The molecule has 0 aromatic heterocycles. The number of fused-ring (bicyclic) bond motifs is 1. The Hall–Kier alpha value is -1.26. The van der Waals surface area contributed by atoms with Gasteiger partial charge in [0.15, 0.2) is 0 Å². The van der Waals surface area contributed by atoms with E-state index >= 15 is 0 Å². The second-order valence-corrected chi connectivity index (χ2v) is 7.53. The molecule has 1 atom stereocenters. The smallest absolute Gasteiger partial charge is 0.238 e. The minimum atomic E-state index is -0.0372. The highest BCUT2D eigenvalue weighted by atomic mass is 79.9. The molecule has 1 aliphatic heterocycles. The van der Waals surface area contributed by atoms with Gasteiger partial charge in [-0.1, -0.05) is 33.6 Å². The fourth-order valence-corrected chi connectivity index (χ4v) is 4.23. The molecule has 0 saturated carbocycles. The van der Waals surface area contributed by atoms with Crippen molar-refractivity contribution in [1.82, 2.24) is 0 Å². The number of amides is 1. The van der Waals surface area contributed by atoms with Crippen LogP contribution in [0, 0.1) is 13.8 Å². The quantitative estimate of drug-likeness (QED) is 0.838. The summed E-state index contributed by atoms with van der Waals surface area (Å²) in [5.74, 6) is 0.0827. The fraction of sp³-hybridized carbons (Fsp3) is 0.235. The van der Waals surface area contributed by atoms with Crippen LogP contribution < -0.4 is 5.32 Å². The van der Waals surface area contributed by atoms with E-state index in [1.165, 1.54) is 16.0 Å². The normalized spacial score (nSPS) is 16.6. The summed E-state index contributed by atoms with van der Waals surface area (Å²) >= 11 is 5.10. The van der Waals surface area contributed by atoms with Crippen LogP contribution in [0.5, 0.6) is 0 Å². The molecular formula is C17H16BrNOS. The number of anilines is 1. The lowest BCUT2D eigenvalue weighted by Crippen LogP contribution is -2.25. The molecule has 0 radical (unpaired) electrons. The van der Waals surface area contributed by atoms with Crippen LogP contribution in [0.3, 0.4) is 0 Å². The molecule has 0 spiro atoms. The number of benzene rings is 2. The van der Waals surface area contributed by atoms with Gasteiger partial charge in [0.1, 0.15) is 0 Å². The van der Waals surface area contributed by atoms with Gasteiger partial charge < -0.3 is 5.32 Å². The highest BCUT2D eigenvalue weighted by Gasteiger charge is 2.28. The summed E-state index contributed by atoms with van der Waals surface area (Å²) in [5.41, 5.74) is 4.47. The molecule has 0 bridgehead atoms. The zero-order valence-electron chi connectivity index (χ0n) is 11.9. The van der Waals surface area contributed by atoms with E-state index in [0.29, 0.717) is 0 Å². The largest absolute Gasteiger partial charge is 0.325 e. The number of carbonyl (C=O) groups excluding carboxylic acids is 1. The predicted octanol–water partition coefficient (Wildman–Crippen LogP) is 4.72. The van der Waals surface area contributed by atoms with Crippen molar-refractivity contribution in [2.45, 2.75) is 30.4 Å². The van der Waals surface area contributed by atoms with Gasteiger partial charge >= 0.3 is 0 Å². The third kappa shape index (κ3) is 3.16. The Morgan fingerprint density at radius 1 is 1.24 bits per heavy atom. The summed E-state index contributed by atoms with van der Waals surface area (Å²) in [6.07, 6.45) is 0.807. The third-order valence-electron chi connectivity index (χ3n) is 3.64. The van der Waals surface area contributed by atoms with Gasteiger partial charge in [0.25, 0.3) is 0 Å². The van der Waals surface area contributed by atoms with E-state index < -0.39 is 0 Å². The molecule has 108 valence electrons. The van der Waals surface area contributed by atoms with Crippen molar-refractivity contribution in [2.75, 3.05) is 5.32 Å². The topological polar surface area (TPSA) is 29.1 Å². The molecule has 3 rings (SSSR count). The summed E-state index contributed by atoms with van der Waals surface area (Å²) in [6, 6.07) is 12.3. The first-order valence-electron chi connectivity index (χ1n) is 6.86. The van der Waals surface area contributed by atoms with Crippen LogP contribution in [0.1, 0.15) is 16.7 Å². The summed E-state index contributed by atoms with van der Waals surface area (Å²) in [5, 5.41) is 3.01. The molecule has 1 aliphatic rings. The Labute approximate surface area is 137 Å². The van der Waals surface area contributed by atoms with Gasteiger partial charge in [-0.15, -0.1) is 11.8 Å². The van der Waals surface area contributed by atoms with Gasteiger partial charge in [-0.05, 0) is 55.7 Å². The first-order chi connectivity index (χ1) is 10.0. The lowest BCUT2D eigenvalue weighted by atomic mass is 10.1. The number of carbonyl (C=O) groups is 1. The molecule has 0 aliphatic carbocycles. The fourth-order valence-electron chi connectivity index (χ4n) is 2.46. The van der Waals surface area contributed by atoms with Crippen molar-refractivity contribution in [3.63, 3.8) is 0 Å². The van der Waals surface area contributed by atoms with E-state index in [9.17, 15) is 4.79 Å².